The van der Waals surface area contributed by atoms with E-state index in [2.05, 4.69) is 0 Å². The molecule has 0 amide bonds. The molecule has 0 aliphatic carbocycles. The van der Waals surface area contributed by atoms with Crippen molar-refractivity contribution < 1.29 is 28.7 Å². The number of hydrogen-bond donors (Lipinski definition) is 0. The summed E-state index contributed by atoms with van der Waals surface area (Å²) < 4.78 is 10.5. The molecular weight excluding hydrogens is 504 g/mol. The summed E-state index contributed by atoms with van der Waals surface area (Å²) in [6, 6.07) is 21.5. The minimum Gasteiger partial charge on any atom is -0.426 e. The Morgan fingerprint density at radius 1 is 0.450 bits per heavy atom. The van der Waals surface area contributed by atoms with Crippen molar-refractivity contribution in [1.82, 2.24) is 0 Å². The van der Waals surface area contributed by atoms with Gasteiger partial charge in [0.15, 0.2) is 11.6 Å². The van der Waals surface area contributed by atoms with Crippen molar-refractivity contribution in [2.75, 3.05) is 0 Å². The van der Waals surface area contributed by atoms with E-state index in [0.29, 0.717) is 33.8 Å². The van der Waals surface area contributed by atoms with Crippen LogP contribution in [0.5, 0.6) is 11.5 Å². The maximum absolute atomic E-state index is 13.1. The highest BCUT2D eigenvalue weighted by atomic mass is 16.5. The summed E-state index contributed by atoms with van der Waals surface area (Å²) in [5, 5.41) is 0. The van der Waals surface area contributed by atoms with E-state index in [-0.39, 0.29) is 11.6 Å². The van der Waals surface area contributed by atoms with Crippen LogP contribution in [0, 0.1) is 27.7 Å². The van der Waals surface area contributed by atoms with E-state index in [9.17, 15) is 19.2 Å². The highest BCUT2D eigenvalue weighted by Gasteiger charge is 2.17. The highest BCUT2D eigenvalue weighted by Crippen LogP contribution is 2.29. The van der Waals surface area contributed by atoms with Crippen LogP contribution in [0.1, 0.15) is 67.9 Å². The minimum absolute atomic E-state index is 0.127. The third-order valence-electron chi connectivity index (χ3n) is 6.56. The van der Waals surface area contributed by atoms with Gasteiger partial charge < -0.3 is 9.47 Å². The molecule has 0 bridgehead atoms. The van der Waals surface area contributed by atoms with E-state index in [0.717, 1.165) is 33.4 Å². The van der Waals surface area contributed by atoms with E-state index >= 15 is 0 Å². The molecule has 0 radical (unpaired) electrons. The van der Waals surface area contributed by atoms with E-state index in [1.807, 2.05) is 24.3 Å². The molecule has 40 heavy (non-hydrogen) atoms. The molecule has 0 atom stereocenters. The molecule has 4 rings (SSSR count). The van der Waals surface area contributed by atoms with Crippen LogP contribution in [0.25, 0.3) is 11.1 Å². The molecule has 0 spiro atoms. The standard InChI is InChI=1S/C34H30O6/c1-19-15-29(16-20(2)33(19)39-23(5)35)31(37)27-11-7-25(8-12-27)26-9-13-28(14-10-26)32(38)30-17-21(3)34(22(4)18-30)40-24(6)36/h7-18H,1-6H3. The Morgan fingerprint density at radius 3 is 0.975 bits per heavy atom. The average Bonchev–Trinajstić information content (AvgIpc) is 2.91. The van der Waals surface area contributed by atoms with Gasteiger partial charge in [0.05, 0.1) is 0 Å². The number of ketones is 2. The lowest BCUT2D eigenvalue weighted by molar-refractivity contribution is -0.132. The lowest BCUT2D eigenvalue weighted by Crippen LogP contribution is -2.07. The number of aryl methyl sites for hydroxylation is 4. The minimum atomic E-state index is -0.404. The molecule has 0 fully saturated rings. The fraction of sp³-hybridized carbons (Fsp3) is 0.176. The normalized spacial score (nSPS) is 10.7. The van der Waals surface area contributed by atoms with E-state index in [1.54, 1.807) is 76.2 Å². The largest absolute Gasteiger partial charge is 0.426 e. The van der Waals surface area contributed by atoms with Gasteiger partial charge in [0, 0.05) is 36.1 Å². The molecule has 4 aromatic carbocycles. The van der Waals surface area contributed by atoms with Gasteiger partial charge >= 0.3 is 11.9 Å². The van der Waals surface area contributed by atoms with Gasteiger partial charge in [-0.25, -0.2) is 0 Å². The number of carbonyl (C=O) groups excluding carboxylic acids is 4. The summed E-state index contributed by atoms with van der Waals surface area (Å²) in [7, 11) is 0. The number of carbonyl (C=O) groups is 4. The Labute approximate surface area is 233 Å². The SMILES string of the molecule is CC(=O)Oc1c(C)cc(C(=O)c2ccc(-c3ccc(C(=O)c4cc(C)c(OC(C)=O)c(C)c4)cc3)cc2)cc1C. The summed E-state index contributed by atoms with van der Waals surface area (Å²) in [6.45, 7) is 9.92. The zero-order valence-electron chi connectivity index (χ0n) is 23.4. The third kappa shape index (κ3) is 6.07. The van der Waals surface area contributed by atoms with Crippen LogP contribution >= 0.6 is 0 Å². The molecule has 202 valence electrons. The lowest BCUT2D eigenvalue weighted by Gasteiger charge is -2.12. The van der Waals surface area contributed by atoms with Crippen LogP contribution < -0.4 is 9.47 Å². The number of rotatable bonds is 7. The summed E-state index contributed by atoms with van der Waals surface area (Å²) in [6.07, 6.45) is 0. The summed E-state index contributed by atoms with van der Waals surface area (Å²) in [5.41, 5.74) is 6.81. The van der Waals surface area contributed by atoms with Crippen molar-refractivity contribution in [2.45, 2.75) is 41.5 Å². The number of hydrogen-bond acceptors (Lipinski definition) is 6. The van der Waals surface area contributed by atoms with Crippen LogP contribution in [-0.2, 0) is 9.59 Å². The molecule has 0 N–H and O–H groups in total. The summed E-state index contributed by atoms with van der Waals surface area (Å²) in [5.74, 6) is -0.107. The number of ether oxygens (including phenoxy) is 2. The van der Waals surface area contributed by atoms with Gasteiger partial charge in [-0.3, -0.25) is 19.2 Å². The Kier molecular flexibility index (Phi) is 8.10. The molecule has 6 heteroatoms. The Balaban J connectivity index is 1.51. The molecule has 6 nitrogen and oxygen atoms in total. The fourth-order valence-corrected chi connectivity index (χ4v) is 4.73. The number of esters is 2. The Bertz CT molecular complexity index is 1470. The van der Waals surface area contributed by atoms with Gasteiger partial charge in [0.1, 0.15) is 11.5 Å². The van der Waals surface area contributed by atoms with E-state index in [4.69, 9.17) is 9.47 Å². The van der Waals surface area contributed by atoms with Gasteiger partial charge in [-0.1, -0.05) is 48.5 Å². The molecule has 0 unspecified atom stereocenters. The van der Waals surface area contributed by atoms with Crippen LogP contribution in [0.2, 0.25) is 0 Å². The average molecular weight is 535 g/mol. The highest BCUT2D eigenvalue weighted by molar-refractivity contribution is 6.10. The monoisotopic (exact) mass is 534 g/mol. The Morgan fingerprint density at radius 2 is 0.725 bits per heavy atom. The second kappa shape index (κ2) is 11.5. The zero-order valence-corrected chi connectivity index (χ0v) is 23.4. The van der Waals surface area contributed by atoms with E-state index < -0.39 is 11.9 Å². The maximum Gasteiger partial charge on any atom is 0.308 e. The van der Waals surface area contributed by atoms with Crippen molar-refractivity contribution in [3.05, 3.63) is 117 Å². The molecule has 0 aliphatic rings. The molecule has 0 heterocycles. The van der Waals surface area contributed by atoms with Crippen LogP contribution in [0.15, 0.2) is 72.8 Å². The van der Waals surface area contributed by atoms with Crippen molar-refractivity contribution in [1.29, 1.82) is 0 Å². The predicted octanol–water partition coefficient (Wildman–Crippen LogP) is 6.90. The van der Waals surface area contributed by atoms with Gasteiger partial charge in [-0.15, -0.1) is 0 Å². The Hall–Kier alpha value is -4.84. The first-order valence-corrected chi connectivity index (χ1v) is 12.8. The van der Waals surface area contributed by atoms with Crippen molar-refractivity contribution in [3.63, 3.8) is 0 Å². The van der Waals surface area contributed by atoms with Gasteiger partial charge in [0.25, 0.3) is 0 Å². The fourth-order valence-electron chi connectivity index (χ4n) is 4.73. The van der Waals surface area contributed by atoms with Crippen molar-refractivity contribution in [3.8, 4) is 22.6 Å². The summed E-state index contributed by atoms with van der Waals surface area (Å²) in [4.78, 5) is 49.0. The van der Waals surface area contributed by atoms with Gasteiger partial charge in [-0.2, -0.15) is 0 Å². The first-order valence-electron chi connectivity index (χ1n) is 12.8. The molecule has 4 aromatic rings. The molecular formula is C34H30O6. The first kappa shape index (κ1) is 28.2. The molecule has 0 aromatic heterocycles. The quantitative estimate of drug-likeness (QED) is 0.146. The molecule has 0 aliphatic heterocycles. The lowest BCUT2D eigenvalue weighted by atomic mass is 9.95. The number of benzene rings is 4. The second-order valence-electron chi connectivity index (χ2n) is 9.88. The predicted molar refractivity (Wildman–Crippen MR) is 153 cm³/mol. The van der Waals surface area contributed by atoms with Crippen molar-refractivity contribution >= 4 is 23.5 Å². The van der Waals surface area contributed by atoms with E-state index in [1.165, 1.54) is 13.8 Å². The smallest absolute Gasteiger partial charge is 0.308 e. The summed E-state index contributed by atoms with van der Waals surface area (Å²) >= 11 is 0. The van der Waals surface area contributed by atoms with Gasteiger partial charge in [-0.05, 0) is 85.3 Å². The first-order chi connectivity index (χ1) is 18.9. The van der Waals surface area contributed by atoms with Crippen LogP contribution in [-0.4, -0.2) is 23.5 Å². The van der Waals surface area contributed by atoms with Crippen LogP contribution in [0.3, 0.4) is 0 Å². The van der Waals surface area contributed by atoms with Crippen molar-refractivity contribution in [2.24, 2.45) is 0 Å². The maximum atomic E-state index is 13.1. The third-order valence-corrected chi connectivity index (χ3v) is 6.56. The van der Waals surface area contributed by atoms with Gasteiger partial charge in [0.2, 0.25) is 0 Å². The second-order valence-corrected chi connectivity index (χ2v) is 9.88. The molecule has 0 saturated carbocycles. The van der Waals surface area contributed by atoms with Crippen LogP contribution in [0.4, 0.5) is 0 Å². The zero-order chi connectivity index (χ0) is 29.1. The topological polar surface area (TPSA) is 86.7 Å². The molecule has 0 saturated heterocycles.